The van der Waals surface area contributed by atoms with E-state index in [4.69, 9.17) is 0 Å². The zero-order valence-corrected chi connectivity index (χ0v) is 15.8. The Morgan fingerprint density at radius 1 is 0.917 bits per heavy atom. The van der Waals surface area contributed by atoms with Crippen LogP contribution in [0.2, 0.25) is 0 Å². The van der Waals surface area contributed by atoms with Gasteiger partial charge < -0.3 is 10.6 Å². The van der Waals surface area contributed by atoms with Crippen molar-refractivity contribution in [3.63, 3.8) is 0 Å². The average molecular weight is 389 g/mol. The van der Waals surface area contributed by atoms with E-state index in [0.29, 0.717) is 5.69 Å². The maximum Gasteiger partial charge on any atom is 0.239 e. The summed E-state index contributed by atoms with van der Waals surface area (Å²) in [6.07, 6.45) is 0. The monoisotopic (exact) mass is 388 g/mol. The van der Waals surface area contributed by atoms with Crippen LogP contribution in [-0.2, 0) is 9.59 Å². The number of para-hydroxylation sites is 1. The summed E-state index contributed by atoms with van der Waals surface area (Å²) in [5, 5.41) is 5.66. The minimum absolute atomic E-state index is 0.347. The molecule has 24 heavy (non-hydrogen) atoms. The predicted octanol–water partition coefficient (Wildman–Crippen LogP) is 4.67. The molecule has 0 aromatic heterocycles. The van der Waals surface area contributed by atoms with Crippen LogP contribution in [0.5, 0.6) is 0 Å². The van der Waals surface area contributed by atoms with Crippen LogP contribution in [0.15, 0.2) is 46.9 Å². The Hall–Kier alpha value is -2.14. The van der Waals surface area contributed by atoms with E-state index in [1.54, 1.807) is 19.9 Å². The molecule has 0 aliphatic rings. The van der Waals surface area contributed by atoms with Gasteiger partial charge in [0.2, 0.25) is 11.8 Å². The second-order valence-corrected chi connectivity index (χ2v) is 7.19. The maximum atomic E-state index is 12.6. The molecule has 2 N–H and O–H groups in total. The lowest BCUT2D eigenvalue weighted by Gasteiger charge is -2.23. The van der Waals surface area contributed by atoms with Crippen LogP contribution >= 0.6 is 15.9 Å². The molecule has 0 bridgehead atoms. The average Bonchev–Trinajstić information content (AvgIpc) is 2.53. The molecule has 2 aromatic rings. The van der Waals surface area contributed by atoms with Gasteiger partial charge in [-0.1, -0.05) is 24.3 Å². The number of amides is 2. The number of nitrogens with one attached hydrogen (secondary N) is 2. The second-order valence-electron chi connectivity index (χ2n) is 6.33. The summed E-state index contributed by atoms with van der Waals surface area (Å²) in [7, 11) is 0. The van der Waals surface area contributed by atoms with Gasteiger partial charge in [0, 0.05) is 10.2 Å². The second kappa shape index (κ2) is 7.18. The highest BCUT2D eigenvalue weighted by atomic mass is 79.9. The first-order chi connectivity index (χ1) is 11.2. The van der Waals surface area contributed by atoms with Gasteiger partial charge >= 0.3 is 0 Å². The molecule has 5 heteroatoms. The molecule has 0 aliphatic carbocycles. The number of carbonyl (C=O) groups is 2. The number of halogens is 1. The van der Waals surface area contributed by atoms with Crippen molar-refractivity contribution >= 4 is 39.1 Å². The quantitative estimate of drug-likeness (QED) is 0.747. The zero-order chi connectivity index (χ0) is 17.9. The van der Waals surface area contributed by atoms with Crippen molar-refractivity contribution in [1.82, 2.24) is 0 Å². The molecule has 4 nitrogen and oxygen atoms in total. The third-order valence-electron chi connectivity index (χ3n) is 3.90. The molecule has 2 rings (SSSR count). The minimum atomic E-state index is -1.22. The number of hydrogen-bond acceptors (Lipinski definition) is 2. The van der Waals surface area contributed by atoms with Crippen LogP contribution in [0.3, 0.4) is 0 Å². The summed E-state index contributed by atoms with van der Waals surface area (Å²) in [6.45, 7) is 7.10. The van der Waals surface area contributed by atoms with Crippen molar-refractivity contribution in [2.45, 2.75) is 27.7 Å². The molecule has 0 unspecified atom stereocenters. The Kier molecular flexibility index (Phi) is 5.44. The topological polar surface area (TPSA) is 58.2 Å². The van der Waals surface area contributed by atoms with Crippen LogP contribution < -0.4 is 10.6 Å². The van der Waals surface area contributed by atoms with Crippen molar-refractivity contribution in [2.75, 3.05) is 10.6 Å². The van der Waals surface area contributed by atoms with Gasteiger partial charge in [-0.15, -0.1) is 0 Å². The van der Waals surface area contributed by atoms with Gasteiger partial charge in [0.05, 0.1) is 5.69 Å². The number of rotatable bonds is 4. The fraction of sp³-hybridized carbons (Fsp3) is 0.263. The lowest BCUT2D eigenvalue weighted by atomic mass is 9.90. The highest BCUT2D eigenvalue weighted by Crippen LogP contribution is 2.26. The molecule has 0 saturated carbocycles. The maximum absolute atomic E-state index is 12.6. The predicted molar refractivity (Wildman–Crippen MR) is 101 cm³/mol. The van der Waals surface area contributed by atoms with E-state index < -0.39 is 5.41 Å². The summed E-state index contributed by atoms with van der Waals surface area (Å²) < 4.78 is 0.768. The number of carbonyl (C=O) groups excluding carboxylic acids is 2. The molecule has 2 amide bonds. The van der Waals surface area contributed by atoms with Crippen molar-refractivity contribution in [1.29, 1.82) is 0 Å². The molecule has 0 spiro atoms. The van der Waals surface area contributed by atoms with Crippen LogP contribution in [0.25, 0.3) is 0 Å². The summed E-state index contributed by atoms with van der Waals surface area (Å²) in [5.74, 6) is -0.710. The fourth-order valence-corrected chi connectivity index (χ4v) is 2.48. The Labute approximate surface area is 150 Å². The molecule has 2 aromatic carbocycles. The largest absolute Gasteiger partial charge is 0.325 e. The third kappa shape index (κ3) is 4.03. The number of benzene rings is 2. The molecule has 0 aliphatic heterocycles. The van der Waals surface area contributed by atoms with E-state index >= 15 is 0 Å². The van der Waals surface area contributed by atoms with E-state index in [0.717, 1.165) is 21.3 Å². The van der Waals surface area contributed by atoms with Crippen molar-refractivity contribution in [2.24, 2.45) is 5.41 Å². The summed E-state index contributed by atoms with van der Waals surface area (Å²) in [6, 6.07) is 13.1. The smallest absolute Gasteiger partial charge is 0.239 e. The number of hydrogen-bond donors (Lipinski definition) is 2. The Morgan fingerprint density at radius 3 is 2.12 bits per heavy atom. The van der Waals surface area contributed by atoms with Crippen LogP contribution in [0, 0.1) is 19.3 Å². The Balaban J connectivity index is 2.16. The summed E-state index contributed by atoms with van der Waals surface area (Å²) in [4.78, 5) is 25.2. The number of aryl methyl sites for hydroxylation is 2. The first-order valence-electron chi connectivity index (χ1n) is 7.66. The van der Waals surface area contributed by atoms with Gasteiger partial charge in [0.1, 0.15) is 5.41 Å². The molecule has 0 heterocycles. The van der Waals surface area contributed by atoms with Crippen LogP contribution in [-0.4, -0.2) is 11.8 Å². The van der Waals surface area contributed by atoms with E-state index in [1.807, 2.05) is 50.2 Å². The Bertz CT molecular complexity index is 785. The fourth-order valence-electron chi connectivity index (χ4n) is 2.09. The van der Waals surface area contributed by atoms with Crippen molar-refractivity contribution in [3.8, 4) is 0 Å². The van der Waals surface area contributed by atoms with Gasteiger partial charge in [0.15, 0.2) is 0 Å². The lowest BCUT2D eigenvalue weighted by Crippen LogP contribution is -2.41. The van der Waals surface area contributed by atoms with E-state index in [2.05, 4.69) is 26.6 Å². The lowest BCUT2D eigenvalue weighted by molar-refractivity contribution is -0.135. The van der Waals surface area contributed by atoms with E-state index in [9.17, 15) is 9.59 Å². The molecule has 126 valence electrons. The molecular weight excluding hydrogens is 368 g/mol. The molecular formula is C19H21BrN2O2. The molecule has 0 saturated heterocycles. The van der Waals surface area contributed by atoms with Gasteiger partial charge in [-0.2, -0.15) is 0 Å². The van der Waals surface area contributed by atoms with Crippen LogP contribution in [0.1, 0.15) is 25.0 Å². The van der Waals surface area contributed by atoms with Crippen molar-refractivity contribution < 1.29 is 9.59 Å². The molecule has 0 atom stereocenters. The summed E-state index contributed by atoms with van der Waals surface area (Å²) in [5.41, 5.74) is 2.14. The van der Waals surface area contributed by atoms with Gasteiger partial charge in [0.25, 0.3) is 0 Å². The van der Waals surface area contributed by atoms with E-state index in [1.165, 1.54) is 0 Å². The SMILES string of the molecule is Cc1ccc(C)c(NC(=O)C(C)(C)C(=O)Nc2ccccc2Br)c1. The first kappa shape index (κ1) is 18.2. The van der Waals surface area contributed by atoms with Crippen molar-refractivity contribution in [3.05, 3.63) is 58.1 Å². The molecule has 0 fully saturated rings. The normalized spacial score (nSPS) is 11.0. The van der Waals surface area contributed by atoms with Gasteiger partial charge in [-0.25, -0.2) is 0 Å². The highest BCUT2D eigenvalue weighted by Gasteiger charge is 2.36. The number of anilines is 2. The van der Waals surface area contributed by atoms with Gasteiger partial charge in [-0.05, 0) is 73.0 Å². The Morgan fingerprint density at radius 2 is 1.50 bits per heavy atom. The highest BCUT2D eigenvalue weighted by molar-refractivity contribution is 9.10. The third-order valence-corrected chi connectivity index (χ3v) is 4.59. The first-order valence-corrected chi connectivity index (χ1v) is 8.46. The van der Waals surface area contributed by atoms with Gasteiger partial charge in [-0.3, -0.25) is 9.59 Å². The zero-order valence-electron chi connectivity index (χ0n) is 14.2. The van der Waals surface area contributed by atoms with Crippen LogP contribution in [0.4, 0.5) is 11.4 Å². The summed E-state index contributed by atoms with van der Waals surface area (Å²) >= 11 is 3.38. The molecule has 0 radical (unpaired) electrons. The standard InChI is InChI=1S/C19H21BrN2O2/c1-12-9-10-13(2)16(11-12)22-18(24)19(3,4)17(23)21-15-8-6-5-7-14(15)20/h5-11H,1-4H3,(H,21,23)(H,22,24). The minimum Gasteiger partial charge on any atom is -0.325 e. The van der Waals surface area contributed by atoms with E-state index in [-0.39, 0.29) is 11.8 Å².